The summed E-state index contributed by atoms with van der Waals surface area (Å²) in [6.45, 7) is 0. The lowest BCUT2D eigenvalue weighted by molar-refractivity contribution is 0.102. The molecule has 5 nitrogen and oxygen atoms in total. The molecule has 3 rings (SSSR count). The van der Waals surface area contributed by atoms with Gasteiger partial charge in [0.05, 0.1) is 7.11 Å². The van der Waals surface area contributed by atoms with E-state index >= 15 is 0 Å². The maximum absolute atomic E-state index is 12.3. The highest BCUT2D eigenvalue weighted by Crippen LogP contribution is 2.17. The largest absolute Gasteiger partial charge is 0.497 e. The molecule has 1 amide bonds. The van der Waals surface area contributed by atoms with Gasteiger partial charge in [-0.05, 0) is 42.0 Å². The van der Waals surface area contributed by atoms with Crippen LogP contribution in [0.3, 0.4) is 0 Å². The van der Waals surface area contributed by atoms with Crippen molar-refractivity contribution >= 4 is 11.6 Å². The Balaban J connectivity index is 1.81. The minimum atomic E-state index is -0.457. The molecule has 0 saturated heterocycles. The summed E-state index contributed by atoms with van der Waals surface area (Å²) >= 11 is 0. The van der Waals surface area contributed by atoms with Gasteiger partial charge >= 0.3 is 0 Å². The molecule has 0 aliphatic heterocycles. The summed E-state index contributed by atoms with van der Waals surface area (Å²) in [4.78, 5) is 27.2. The van der Waals surface area contributed by atoms with Gasteiger partial charge in [0.15, 0.2) is 0 Å². The summed E-state index contributed by atoms with van der Waals surface area (Å²) in [6, 6.07) is 19.6. The fourth-order valence-electron chi connectivity index (χ4n) is 2.31. The topological polar surface area (TPSA) is 71.2 Å². The Bertz CT molecular complexity index is 900. The van der Waals surface area contributed by atoms with Gasteiger partial charge < -0.3 is 15.0 Å². The van der Waals surface area contributed by atoms with Crippen LogP contribution >= 0.6 is 0 Å². The van der Waals surface area contributed by atoms with E-state index < -0.39 is 11.5 Å². The third-order valence-electron chi connectivity index (χ3n) is 3.59. The molecule has 0 aliphatic carbocycles. The van der Waals surface area contributed by atoms with Crippen molar-refractivity contribution in [2.24, 2.45) is 0 Å². The number of amides is 1. The predicted octanol–water partition coefficient (Wildman–Crippen LogP) is 3.30. The molecule has 2 N–H and O–H groups in total. The summed E-state index contributed by atoms with van der Waals surface area (Å²) in [6.07, 6.45) is 0. The number of anilines is 1. The highest BCUT2D eigenvalue weighted by Gasteiger charge is 2.11. The minimum Gasteiger partial charge on any atom is -0.497 e. The number of hydrogen-bond acceptors (Lipinski definition) is 3. The molecule has 0 atom stereocenters. The maximum Gasteiger partial charge on any atom is 0.261 e. The number of pyridine rings is 1. The summed E-state index contributed by atoms with van der Waals surface area (Å²) in [5.74, 6) is 0.235. The fraction of sp³-hybridized carbons (Fsp3) is 0.0526. The van der Waals surface area contributed by atoms with Gasteiger partial charge in [0.25, 0.3) is 11.5 Å². The van der Waals surface area contributed by atoms with E-state index in [-0.39, 0.29) is 5.56 Å². The number of aromatic nitrogens is 1. The van der Waals surface area contributed by atoms with E-state index in [1.54, 1.807) is 37.4 Å². The Labute approximate surface area is 138 Å². The van der Waals surface area contributed by atoms with Gasteiger partial charge in [-0.25, -0.2) is 0 Å². The van der Waals surface area contributed by atoms with Gasteiger partial charge in [-0.2, -0.15) is 0 Å². The number of carbonyl (C=O) groups is 1. The second-order valence-corrected chi connectivity index (χ2v) is 5.16. The SMILES string of the molecule is COc1ccc(NC(=O)c2ccc(-c3ccccc3)[nH]c2=O)cc1. The van der Waals surface area contributed by atoms with Crippen molar-refractivity contribution in [1.29, 1.82) is 0 Å². The van der Waals surface area contributed by atoms with Crippen LogP contribution in [0.5, 0.6) is 5.75 Å². The Morgan fingerprint density at radius 1 is 0.958 bits per heavy atom. The number of aromatic amines is 1. The van der Waals surface area contributed by atoms with Gasteiger partial charge in [0, 0.05) is 11.4 Å². The first kappa shape index (κ1) is 15.6. The zero-order valence-electron chi connectivity index (χ0n) is 13.1. The zero-order valence-corrected chi connectivity index (χ0v) is 13.1. The molecule has 0 aliphatic rings. The molecule has 1 heterocycles. The number of carbonyl (C=O) groups excluding carboxylic acids is 1. The molecule has 24 heavy (non-hydrogen) atoms. The van der Waals surface area contributed by atoms with E-state index in [1.807, 2.05) is 30.3 Å². The number of nitrogens with one attached hydrogen (secondary N) is 2. The predicted molar refractivity (Wildman–Crippen MR) is 93.4 cm³/mol. The van der Waals surface area contributed by atoms with E-state index in [4.69, 9.17) is 4.74 Å². The fourth-order valence-corrected chi connectivity index (χ4v) is 2.31. The van der Waals surface area contributed by atoms with Crippen molar-refractivity contribution in [3.8, 4) is 17.0 Å². The average Bonchev–Trinajstić information content (AvgIpc) is 2.63. The molecule has 0 unspecified atom stereocenters. The van der Waals surface area contributed by atoms with Crippen LogP contribution in [-0.2, 0) is 0 Å². The van der Waals surface area contributed by atoms with Crippen LogP contribution in [0.15, 0.2) is 71.5 Å². The second-order valence-electron chi connectivity index (χ2n) is 5.16. The number of methoxy groups -OCH3 is 1. The lowest BCUT2D eigenvalue weighted by atomic mass is 10.1. The highest BCUT2D eigenvalue weighted by molar-refractivity contribution is 6.04. The van der Waals surface area contributed by atoms with E-state index in [0.717, 1.165) is 5.56 Å². The number of H-pyrrole nitrogens is 1. The molecule has 0 radical (unpaired) electrons. The van der Waals surface area contributed by atoms with Crippen molar-refractivity contribution in [1.82, 2.24) is 4.98 Å². The smallest absolute Gasteiger partial charge is 0.261 e. The van der Waals surface area contributed by atoms with E-state index in [0.29, 0.717) is 17.1 Å². The van der Waals surface area contributed by atoms with Crippen LogP contribution in [0, 0.1) is 0 Å². The molecule has 0 fully saturated rings. The van der Waals surface area contributed by atoms with Gasteiger partial charge in [-0.15, -0.1) is 0 Å². The third kappa shape index (κ3) is 3.35. The quantitative estimate of drug-likeness (QED) is 0.775. The number of benzene rings is 2. The molecule has 2 aromatic carbocycles. The normalized spacial score (nSPS) is 10.2. The first-order chi connectivity index (χ1) is 11.7. The van der Waals surface area contributed by atoms with Crippen molar-refractivity contribution < 1.29 is 9.53 Å². The van der Waals surface area contributed by atoms with E-state index in [1.165, 1.54) is 6.07 Å². The summed E-state index contributed by atoms with van der Waals surface area (Å²) < 4.78 is 5.07. The van der Waals surface area contributed by atoms with Crippen LogP contribution in [0.1, 0.15) is 10.4 Å². The Kier molecular flexibility index (Phi) is 4.43. The molecule has 1 aromatic heterocycles. The van der Waals surface area contributed by atoms with Gasteiger partial charge in [-0.3, -0.25) is 9.59 Å². The molecule has 5 heteroatoms. The Morgan fingerprint density at radius 3 is 2.29 bits per heavy atom. The van der Waals surface area contributed by atoms with Gasteiger partial charge in [0.2, 0.25) is 0 Å². The molecule has 120 valence electrons. The number of rotatable bonds is 4. The van der Waals surface area contributed by atoms with Gasteiger partial charge in [-0.1, -0.05) is 30.3 Å². The van der Waals surface area contributed by atoms with E-state index in [9.17, 15) is 9.59 Å². The molecule has 0 spiro atoms. The number of ether oxygens (including phenoxy) is 1. The van der Waals surface area contributed by atoms with E-state index in [2.05, 4.69) is 10.3 Å². The van der Waals surface area contributed by atoms with Crippen LogP contribution < -0.4 is 15.6 Å². The monoisotopic (exact) mass is 320 g/mol. The van der Waals surface area contributed by atoms with Crippen LogP contribution in [0.4, 0.5) is 5.69 Å². The van der Waals surface area contributed by atoms with Crippen LogP contribution in [0.2, 0.25) is 0 Å². The third-order valence-corrected chi connectivity index (χ3v) is 3.59. The lowest BCUT2D eigenvalue weighted by Gasteiger charge is -2.07. The lowest BCUT2D eigenvalue weighted by Crippen LogP contribution is -2.23. The van der Waals surface area contributed by atoms with Gasteiger partial charge in [0.1, 0.15) is 11.3 Å². The van der Waals surface area contributed by atoms with Crippen molar-refractivity contribution in [3.63, 3.8) is 0 Å². The van der Waals surface area contributed by atoms with Crippen molar-refractivity contribution in [2.75, 3.05) is 12.4 Å². The average molecular weight is 320 g/mol. The summed E-state index contributed by atoms with van der Waals surface area (Å²) in [7, 11) is 1.57. The molecule has 0 bridgehead atoms. The summed E-state index contributed by atoms with van der Waals surface area (Å²) in [5, 5.41) is 2.70. The van der Waals surface area contributed by atoms with Crippen molar-refractivity contribution in [3.05, 3.63) is 82.6 Å². The van der Waals surface area contributed by atoms with Crippen LogP contribution in [-0.4, -0.2) is 18.0 Å². The highest BCUT2D eigenvalue weighted by atomic mass is 16.5. The maximum atomic E-state index is 12.3. The molecule has 3 aromatic rings. The molecular formula is C19H16N2O3. The second kappa shape index (κ2) is 6.83. The Hall–Kier alpha value is -3.34. The summed E-state index contributed by atoms with van der Waals surface area (Å²) in [5.41, 5.74) is 1.78. The zero-order chi connectivity index (χ0) is 16.9. The molecular weight excluding hydrogens is 304 g/mol. The van der Waals surface area contributed by atoms with Crippen molar-refractivity contribution in [2.45, 2.75) is 0 Å². The standard InChI is InChI=1S/C19H16N2O3/c1-24-15-9-7-14(8-10-15)20-18(22)16-11-12-17(21-19(16)23)13-5-3-2-4-6-13/h2-12H,1H3,(H,20,22)(H,21,23). The Morgan fingerprint density at radius 2 is 1.67 bits per heavy atom. The minimum absolute atomic E-state index is 0.0606. The first-order valence-corrected chi connectivity index (χ1v) is 7.41. The van der Waals surface area contributed by atoms with Crippen LogP contribution in [0.25, 0.3) is 11.3 Å². The molecule has 0 saturated carbocycles. The number of hydrogen-bond donors (Lipinski definition) is 2. The first-order valence-electron chi connectivity index (χ1n) is 7.41.